The Morgan fingerprint density at radius 2 is 1.68 bits per heavy atom. The Hall–Kier alpha value is -3.65. The SMILES string of the molecule is CCOC(=O)c1ccc(N2C(=O)C(Cl)=C(Nc3cccc(C(=O)N4CCCCC4)c3)C2=O)cc1. The first-order valence-electron chi connectivity index (χ1n) is 11.1. The summed E-state index contributed by atoms with van der Waals surface area (Å²) in [4.78, 5) is 53.2. The minimum absolute atomic E-state index is 0.0689. The first-order chi connectivity index (χ1) is 16.4. The number of halogens is 1. The summed E-state index contributed by atoms with van der Waals surface area (Å²) in [6.07, 6.45) is 3.09. The Kier molecular flexibility index (Phi) is 6.98. The van der Waals surface area contributed by atoms with Crippen LogP contribution >= 0.6 is 11.6 Å². The van der Waals surface area contributed by atoms with E-state index in [1.807, 2.05) is 4.90 Å². The van der Waals surface area contributed by atoms with Crippen molar-refractivity contribution in [2.45, 2.75) is 26.2 Å². The number of nitrogens with one attached hydrogen (secondary N) is 1. The highest BCUT2D eigenvalue weighted by molar-refractivity contribution is 6.53. The molecule has 0 bridgehead atoms. The molecule has 0 aromatic heterocycles. The molecule has 2 aliphatic rings. The van der Waals surface area contributed by atoms with Crippen LogP contribution < -0.4 is 10.2 Å². The molecule has 0 atom stereocenters. The van der Waals surface area contributed by atoms with E-state index in [9.17, 15) is 19.2 Å². The quantitative estimate of drug-likeness (QED) is 0.496. The number of rotatable bonds is 6. The number of carbonyl (C=O) groups is 4. The number of benzene rings is 2. The maximum atomic E-state index is 13.1. The lowest BCUT2D eigenvalue weighted by Gasteiger charge is -2.26. The second-order valence-corrected chi connectivity index (χ2v) is 8.34. The molecule has 2 aromatic carbocycles. The van der Waals surface area contributed by atoms with Gasteiger partial charge < -0.3 is 15.0 Å². The molecule has 0 aliphatic carbocycles. The predicted octanol–water partition coefficient (Wildman–Crippen LogP) is 3.93. The molecule has 0 saturated carbocycles. The molecule has 9 heteroatoms. The van der Waals surface area contributed by atoms with Crippen molar-refractivity contribution >= 4 is 46.7 Å². The number of amides is 3. The van der Waals surface area contributed by atoms with E-state index in [0.29, 0.717) is 16.8 Å². The summed E-state index contributed by atoms with van der Waals surface area (Å²) in [6.45, 7) is 3.40. The van der Waals surface area contributed by atoms with E-state index in [4.69, 9.17) is 16.3 Å². The van der Waals surface area contributed by atoms with Crippen molar-refractivity contribution in [2.75, 3.05) is 29.9 Å². The number of imide groups is 1. The molecule has 1 N–H and O–H groups in total. The van der Waals surface area contributed by atoms with Crippen LogP contribution in [0.15, 0.2) is 59.3 Å². The van der Waals surface area contributed by atoms with Gasteiger partial charge in [-0.2, -0.15) is 0 Å². The summed E-state index contributed by atoms with van der Waals surface area (Å²) in [7, 11) is 0. The molecule has 2 aliphatic heterocycles. The van der Waals surface area contributed by atoms with Crippen molar-refractivity contribution in [3.63, 3.8) is 0 Å². The standard InChI is InChI=1S/C25H24ClN3O5/c1-2-34-25(33)16-9-11-19(12-10-16)29-23(31)20(26)21(24(29)32)27-18-8-6-7-17(15-18)22(30)28-13-4-3-5-14-28/h6-12,15,27H,2-5,13-14H2,1H3. The average molecular weight is 482 g/mol. The zero-order valence-corrected chi connectivity index (χ0v) is 19.4. The molecule has 3 amide bonds. The van der Waals surface area contributed by atoms with E-state index < -0.39 is 17.8 Å². The Balaban J connectivity index is 1.51. The number of anilines is 2. The van der Waals surface area contributed by atoms with Gasteiger partial charge in [0.2, 0.25) is 0 Å². The first-order valence-corrected chi connectivity index (χ1v) is 11.5. The number of ether oxygens (including phenoxy) is 1. The maximum absolute atomic E-state index is 13.1. The second-order valence-electron chi connectivity index (χ2n) is 7.96. The molecular weight excluding hydrogens is 458 g/mol. The third kappa shape index (κ3) is 4.68. The van der Waals surface area contributed by atoms with Crippen molar-refractivity contribution in [3.05, 3.63) is 70.4 Å². The van der Waals surface area contributed by atoms with Gasteiger partial charge in [-0.3, -0.25) is 14.4 Å². The van der Waals surface area contributed by atoms with Crippen LogP contribution in [0.4, 0.5) is 11.4 Å². The number of piperidine rings is 1. The van der Waals surface area contributed by atoms with Gasteiger partial charge in [-0.15, -0.1) is 0 Å². The van der Waals surface area contributed by atoms with Crippen LogP contribution in [0.3, 0.4) is 0 Å². The van der Waals surface area contributed by atoms with E-state index in [0.717, 1.165) is 37.3 Å². The highest BCUT2D eigenvalue weighted by Gasteiger charge is 2.39. The fraction of sp³-hybridized carbons (Fsp3) is 0.280. The zero-order chi connectivity index (χ0) is 24.2. The van der Waals surface area contributed by atoms with Gasteiger partial charge in [0.15, 0.2) is 0 Å². The lowest BCUT2D eigenvalue weighted by Crippen LogP contribution is -2.35. The smallest absolute Gasteiger partial charge is 0.338 e. The van der Waals surface area contributed by atoms with Gasteiger partial charge >= 0.3 is 5.97 Å². The number of nitrogens with zero attached hydrogens (tertiary/aromatic N) is 2. The van der Waals surface area contributed by atoms with E-state index in [1.54, 1.807) is 31.2 Å². The van der Waals surface area contributed by atoms with E-state index in [1.165, 1.54) is 24.3 Å². The monoisotopic (exact) mass is 481 g/mol. The van der Waals surface area contributed by atoms with Crippen molar-refractivity contribution < 1.29 is 23.9 Å². The van der Waals surface area contributed by atoms with Gasteiger partial charge in [-0.05, 0) is 68.7 Å². The van der Waals surface area contributed by atoms with Crippen LogP contribution in [0.5, 0.6) is 0 Å². The van der Waals surface area contributed by atoms with Gasteiger partial charge in [-0.1, -0.05) is 17.7 Å². The van der Waals surface area contributed by atoms with Crippen molar-refractivity contribution in [1.82, 2.24) is 4.90 Å². The normalized spacial score (nSPS) is 16.2. The largest absolute Gasteiger partial charge is 0.462 e. The summed E-state index contributed by atoms with van der Waals surface area (Å²) in [5.74, 6) is -1.88. The molecule has 8 nitrogen and oxygen atoms in total. The summed E-state index contributed by atoms with van der Waals surface area (Å²) in [5.41, 5.74) is 1.46. The highest BCUT2D eigenvalue weighted by atomic mass is 35.5. The van der Waals surface area contributed by atoms with Crippen LogP contribution in [-0.4, -0.2) is 48.3 Å². The van der Waals surface area contributed by atoms with E-state index in [-0.39, 0.29) is 28.9 Å². The Morgan fingerprint density at radius 1 is 0.971 bits per heavy atom. The van der Waals surface area contributed by atoms with E-state index >= 15 is 0 Å². The third-order valence-electron chi connectivity index (χ3n) is 5.69. The molecule has 2 heterocycles. The van der Waals surface area contributed by atoms with Gasteiger partial charge in [-0.25, -0.2) is 9.69 Å². The number of esters is 1. The third-order valence-corrected chi connectivity index (χ3v) is 6.04. The van der Waals surface area contributed by atoms with Crippen LogP contribution in [0.1, 0.15) is 46.9 Å². The minimum Gasteiger partial charge on any atom is -0.462 e. The summed E-state index contributed by atoms with van der Waals surface area (Å²) >= 11 is 6.22. The predicted molar refractivity (Wildman–Crippen MR) is 128 cm³/mol. The van der Waals surface area contributed by atoms with Crippen LogP contribution in [-0.2, 0) is 14.3 Å². The number of likely N-dealkylation sites (tertiary alicyclic amines) is 1. The van der Waals surface area contributed by atoms with Crippen molar-refractivity contribution in [2.24, 2.45) is 0 Å². The Labute approximate surface area is 202 Å². The number of carbonyl (C=O) groups excluding carboxylic acids is 4. The topological polar surface area (TPSA) is 96.0 Å². The van der Waals surface area contributed by atoms with Gasteiger partial charge in [0.05, 0.1) is 17.9 Å². The van der Waals surface area contributed by atoms with Gasteiger partial charge in [0, 0.05) is 24.3 Å². The molecule has 34 heavy (non-hydrogen) atoms. The summed E-state index contributed by atoms with van der Waals surface area (Å²) < 4.78 is 4.95. The highest BCUT2D eigenvalue weighted by Crippen LogP contribution is 2.30. The molecule has 176 valence electrons. The first kappa shape index (κ1) is 23.5. The van der Waals surface area contributed by atoms with E-state index in [2.05, 4.69) is 5.32 Å². The van der Waals surface area contributed by atoms with Gasteiger partial charge in [0.1, 0.15) is 10.7 Å². The second kappa shape index (κ2) is 10.1. The molecule has 0 unspecified atom stereocenters. The minimum atomic E-state index is -0.682. The van der Waals surface area contributed by atoms with Crippen molar-refractivity contribution in [1.29, 1.82) is 0 Å². The van der Waals surface area contributed by atoms with Crippen LogP contribution in [0, 0.1) is 0 Å². The fourth-order valence-electron chi connectivity index (χ4n) is 3.96. The molecular formula is C25H24ClN3O5. The number of hydrogen-bond acceptors (Lipinski definition) is 6. The van der Waals surface area contributed by atoms with Gasteiger partial charge in [0.25, 0.3) is 17.7 Å². The number of hydrogen-bond donors (Lipinski definition) is 1. The molecule has 1 fully saturated rings. The molecule has 0 spiro atoms. The lowest BCUT2D eigenvalue weighted by atomic mass is 10.1. The molecule has 2 aromatic rings. The lowest BCUT2D eigenvalue weighted by molar-refractivity contribution is -0.120. The molecule has 0 radical (unpaired) electrons. The average Bonchev–Trinajstić information content (AvgIpc) is 3.07. The van der Waals surface area contributed by atoms with Crippen LogP contribution in [0.2, 0.25) is 0 Å². The summed E-state index contributed by atoms with van der Waals surface area (Å²) in [6, 6.07) is 12.7. The fourth-order valence-corrected chi connectivity index (χ4v) is 4.17. The molecule has 1 saturated heterocycles. The Bertz CT molecular complexity index is 1170. The zero-order valence-electron chi connectivity index (χ0n) is 18.7. The van der Waals surface area contributed by atoms with Crippen LogP contribution in [0.25, 0.3) is 0 Å². The van der Waals surface area contributed by atoms with Crippen molar-refractivity contribution in [3.8, 4) is 0 Å². The maximum Gasteiger partial charge on any atom is 0.338 e. The summed E-state index contributed by atoms with van der Waals surface area (Å²) in [5, 5.41) is 2.65. The Morgan fingerprint density at radius 3 is 2.35 bits per heavy atom. The molecule has 4 rings (SSSR count).